The molecular weight excluding hydrogens is 746 g/mol. The first-order chi connectivity index (χ1) is 22.3. The zero-order valence-corrected chi connectivity index (χ0v) is 30.6. The van der Waals surface area contributed by atoms with Gasteiger partial charge in [0.1, 0.15) is 11.1 Å². The van der Waals surface area contributed by atoms with Crippen molar-refractivity contribution >= 4 is 75.7 Å². The summed E-state index contributed by atoms with van der Waals surface area (Å²) in [6.45, 7) is 10.8. The number of aryl methyl sites for hydroxylation is 1. The lowest BCUT2D eigenvalue weighted by atomic mass is 10.1. The lowest BCUT2D eigenvalue weighted by Gasteiger charge is -2.14. The second-order valence-corrected chi connectivity index (χ2v) is 10.1. The number of aromatic nitrogens is 5. The Morgan fingerprint density at radius 2 is 1.76 bits per heavy atom. The number of thiazole rings is 1. The molecule has 11 nitrogen and oxygen atoms in total. The number of amides is 1. The Kier molecular flexibility index (Phi) is 17.4. The van der Waals surface area contributed by atoms with Gasteiger partial charge in [0.25, 0.3) is 0 Å². The Bertz CT molecular complexity index is 1660. The number of hydrogen-bond acceptors (Lipinski definition) is 12. The Morgan fingerprint density at radius 1 is 1.04 bits per heavy atom. The van der Waals surface area contributed by atoms with Crippen LogP contribution in [0.3, 0.4) is 0 Å². The van der Waals surface area contributed by atoms with E-state index < -0.39 is 5.82 Å². The van der Waals surface area contributed by atoms with Gasteiger partial charge < -0.3 is 24.3 Å². The van der Waals surface area contributed by atoms with E-state index in [1.54, 1.807) is 26.5 Å². The largest absolute Gasteiger partial charge is 0.485 e. The smallest absolute Gasteiger partial charge is 0.316 e. The van der Waals surface area contributed by atoms with Crippen LogP contribution in [-0.2, 0) is 9.53 Å². The maximum atomic E-state index is 14.5. The fourth-order valence-corrected chi connectivity index (χ4v) is 4.85. The maximum absolute atomic E-state index is 14.5. The average Bonchev–Trinajstić information content (AvgIpc) is 3.48. The van der Waals surface area contributed by atoms with Gasteiger partial charge in [0.2, 0.25) is 12.3 Å². The third kappa shape index (κ3) is 11.1. The molecule has 46 heavy (non-hydrogen) atoms. The molecule has 15 heteroatoms. The summed E-state index contributed by atoms with van der Waals surface area (Å²) in [5, 5.41) is 3.17. The van der Waals surface area contributed by atoms with Crippen molar-refractivity contribution in [3.63, 3.8) is 0 Å². The number of halogens is 2. The molecule has 0 fully saturated rings. The minimum atomic E-state index is -0.448. The van der Waals surface area contributed by atoms with E-state index in [2.05, 4.69) is 40.0 Å². The van der Waals surface area contributed by atoms with Crippen LogP contribution in [0.25, 0.3) is 31.8 Å². The minimum Gasteiger partial charge on any atom is -0.485 e. The lowest BCUT2D eigenvalue weighted by molar-refractivity contribution is -0.105. The van der Waals surface area contributed by atoms with Crippen molar-refractivity contribution in [1.82, 2.24) is 24.9 Å². The van der Waals surface area contributed by atoms with Gasteiger partial charge in [0.05, 0.1) is 65.9 Å². The quantitative estimate of drug-likeness (QED) is 0.0775. The first kappa shape index (κ1) is 38.8. The van der Waals surface area contributed by atoms with Crippen molar-refractivity contribution in [2.24, 2.45) is 0 Å². The van der Waals surface area contributed by atoms with Crippen molar-refractivity contribution in [2.75, 3.05) is 32.8 Å². The third-order valence-electron chi connectivity index (χ3n) is 5.67. The number of carbonyl (C=O) groups is 1. The molecule has 0 saturated carbocycles. The van der Waals surface area contributed by atoms with Crippen molar-refractivity contribution in [3.05, 3.63) is 54.2 Å². The van der Waals surface area contributed by atoms with E-state index >= 15 is 0 Å². The van der Waals surface area contributed by atoms with Gasteiger partial charge in [-0.15, -0.1) is 21.1 Å². The highest BCUT2D eigenvalue weighted by atomic mass is 127. The molecule has 5 aromatic rings. The number of methoxy groups -OCH3 is 2. The normalized spacial score (nSPS) is 10.7. The van der Waals surface area contributed by atoms with E-state index in [9.17, 15) is 9.18 Å². The molecule has 0 aliphatic heterocycles. The van der Waals surface area contributed by atoms with Crippen LogP contribution in [0.2, 0.25) is 0 Å². The van der Waals surface area contributed by atoms with Gasteiger partial charge in [-0.1, -0.05) is 20.8 Å². The van der Waals surface area contributed by atoms with Crippen LogP contribution in [0, 0.1) is 12.7 Å². The minimum absolute atomic E-state index is 0.191. The molecule has 1 N–H and O–H groups in total. The Hall–Kier alpha value is -3.41. The zero-order valence-electron chi connectivity index (χ0n) is 26.7. The van der Waals surface area contributed by atoms with Crippen LogP contribution in [-0.4, -0.2) is 64.9 Å². The van der Waals surface area contributed by atoms with Crippen molar-refractivity contribution in [3.8, 4) is 28.2 Å². The molecule has 248 valence electrons. The number of nitrogens with one attached hydrogen (secondary N) is 1. The van der Waals surface area contributed by atoms with Gasteiger partial charge in [-0.2, -0.15) is 0 Å². The van der Waals surface area contributed by atoms with Gasteiger partial charge in [-0.25, -0.2) is 29.3 Å². The summed E-state index contributed by atoms with van der Waals surface area (Å²) in [6.07, 6.45) is 5.80. The maximum Gasteiger partial charge on any atom is 0.316 e. The molecule has 2 aromatic carbocycles. The van der Waals surface area contributed by atoms with Crippen LogP contribution in [0.4, 0.5) is 10.1 Å². The summed E-state index contributed by atoms with van der Waals surface area (Å²) in [7, 11) is 6.64. The number of anilines is 1. The first-order valence-corrected chi connectivity index (χ1v) is 18.3. The lowest BCUT2D eigenvalue weighted by Crippen LogP contribution is -2.18. The van der Waals surface area contributed by atoms with E-state index in [1.807, 2.05) is 68.0 Å². The van der Waals surface area contributed by atoms with Crippen molar-refractivity contribution in [2.45, 2.75) is 47.1 Å². The highest BCUT2D eigenvalue weighted by Crippen LogP contribution is 2.37. The summed E-state index contributed by atoms with van der Waals surface area (Å²) < 4.78 is 36.4. The van der Waals surface area contributed by atoms with E-state index in [-0.39, 0.29) is 11.9 Å². The molecule has 0 spiro atoms. The topological polar surface area (TPSA) is 130 Å². The average molecular weight is 785 g/mol. The predicted octanol–water partition coefficient (Wildman–Crippen LogP) is 7.90. The number of ether oxygens (including phenoxy) is 4. The third-order valence-corrected chi connectivity index (χ3v) is 6.72. The predicted molar refractivity (Wildman–Crippen MR) is 193 cm³/mol. The number of rotatable bonds is 11. The summed E-state index contributed by atoms with van der Waals surface area (Å²) in [4.78, 5) is 31.4. The molecule has 0 aliphatic carbocycles. The molecule has 1 atom stereocenters. The SMILES string of the molecule is CC.CCCOc1ncc(NC=O)cn1.COCC(C)Oc1cc2sc(-c3cc(C)cc4nc(OC)cnc34)nc2cc1F.SI. The first-order valence-electron chi connectivity index (χ1n) is 14.2. The second kappa shape index (κ2) is 20.7. The van der Waals surface area contributed by atoms with Crippen LogP contribution in [0.1, 0.15) is 39.7 Å². The van der Waals surface area contributed by atoms with Crippen LogP contribution < -0.4 is 19.5 Å². The summed E-state index contributed by atoms with van der Waals surface area (Å²) >= 11 is 3.30. The van der Waals surface area contributed by atoms with Crippen molar-refractivity contribution < 1.29 is 28.1 Å². The van der Waals surface area contributed by atoms with Gasteiger partial charge in [0, 0.05) is 24.8 Å². The molecule has 0 radical (unpaired) electrons. The van der Waals surface area contributed by atoms with Crippen molar-refractivity contribution in [1.29, 1.82) is 0 Å². The Labute approximate surface area is 289 Å². The zero-order chi connectivity index (χ0) is 34.1. The standard InChI is InChI=1S/C21H20FN3O3S.C8H11N3O2.C2H6.HIS/c1-11-5-13(20-16(6-11)24-19(27-4)9-23-20)21-25-15-7-14(22)17(8-18(15)29-21)28-12(2)10-26-3;1-2-3-13-8-9-4-7(5-10-8)11-6-12;2*1-2/h5-9,12H,10H2,1-4H3;4-6H,2-3H2,1H3,(H,11,12);1-2H3;2H. The molecule has 0 saturated heterocycles. The highest BCUT2D eigenvalue weighted by Gasteiger charge is 2.17. The molecule has 3 heterocycles. The molecule has 1 amide bonds. The molecule has 0 aliphatic rings. The summed E-state index contributed by atoms with van der Waals surface area (Å²) in [5.41, 5.74) is 4.46. The molecular formula is C31H38FIN6O5S2. The van der Waals surface area contributed by atoms with E-state index in [1.165, 1.54) is 29.8 Å². The highest BCUT2D eigenvalue weighted by molar-refractivity contribution is 14.2. The van der Waals surface area contributed by atoms with E-state index in [0.717, 1.165) is 38.3 Å². The van der Waals surface area contributed by atoms with Crippen LogP contribution in [0.15, 0.2) is 42.9 Å². The van der Waals surface area contributed by atoms with Crippen LogP contribution in [0.5, 0.6) is 17.6 Å². The van der Waals surface area contributed by atoms with Gasteiger partial charge >= 0.3 is 6.01 Å². The number of nitrogens with zero attached hydrogens (tertiary/aromatic N) is 5. The Morgan fingerprint density at radius 3 is 2.39 bits per heavy atom. The number of benzene rings is 2. The Balaban J connectivity index is 0.000000364. The second-order valence-electron chi connectivity index (χ2n) is 9.11. The van der Waals surface area contributed by atoms with E-state index in [4.69, 9.17) is 18.9 Å². The fourth-order valence-electron chi connectivity index (χ4n) is 3.86. The monoisotopic (exact) mass is 784 g/mol. The van der Waals surface area contributed by atoms with Crippen LogP contribution >= 0.6 is 42.3 Å². The molecule has 0 bridgehead atoms. The van der Waals surface area contributed by atoms with E-state index in [0.29, 0.717) is 42.7 Å². The fraction of sp³-hybridized carbons (Fsp3) is 0.355. The number of hydrogen-bond donors (Lipinski definition) is 2. The van der Waals surface area contributed by atoms with Gasteiger partial charge in [0.15, 0.2) is 11.6 Å². The number of thiol groups is 1. The summed E-state index contributed by atoms with van der Waals surface area (Å²) in [6, 6.07) is 7.38. The molecule has 3 aromatic heterocycles. The summed E-state index contributed by atoms with van der Waals surface area (Å²) in [5.74, 6) is 0.194. The number of carbonyl (C=O) groups excluding carboxylic acids is 1. The number of fused-ring (bicyclic) bond motifs is 2. The molecule has 5 rings (SSSR count). The van der Waals surface area contributed by atoms with Gasteiger partial charge in [-0.05, 0) is 59.2 Å². The van der Waals surface area contributed by atoms with Gasteiger partial charge in [-0.3, -0.25) is 4.79 Å². The molecule has 1 unspecified atom stereocenters.